The molecule has 0 aromatic carbocycles. The van der Waals surface area contributed by atoms with Gasteiger partial charge < -0.3 is 4.43 Å². The van der Waals surface area contributed by atoms with E-state index >= 15 is 0 Å². The van der Waals surface area contributed by atoms with Crippen LogP contribution in [0.2, 0.25) is 10.1 Å². The minimum Gasteiger partial charge on any atom is -0.417 e. The van der Waals surface area contributed by atoms with Crippen molar-refractivity contribution in [3.8, 4) is 0 Å². The van der Waals surface area contributed by atoms with Crippen molar-refractivity contribution in [3.05, 3.63) is 0 Å². The van der Waals surface area contributed by atoms with Gasteiger partial charge in [-0.25, -0.2) is 0 Å². The minimum absolute atomic E-state index is 0.350. The Morgan fingerprint density at radius 3 is 1.23 bits per heavy atom. The van der Waals surface area contributed by atoms with E-state index in [0.717, 1.165) is 0 Å². The molecule has 2 heteroatoms. The SMILES string of the molecule is CC(C)O[SiH](C(C)(C)C)C(C)(C)C. The third kappa shape index (κ3) is 4.82. The fourth-order valence-electron chi connectivity index (χ4n) is 1.98. The van der Waals surface area contributed by atoms with Crippen molar-refractivity contribution < 1.29 is 4.43 Å². The molecule has 0 spiro atoms. The summed E-state index contributed by atoms with van der Waals surface area (Å²) in [6, 6.07) is 0. The zero-order valence-corrected chi connectivity index (χ0v) is 11.7. The van der Waals surface area contributed by atoms with Crippen LogP contribution >= 0.6 is 0 Å². The Morgan fingerprint density at radius 1 is 0.846 bits per heavy atom. The highest BCUT2D eigenvalue weighted by atomic mass is 28.3. The van der Waals surface area contributed by atoms with Gasteiger partial charge in [-0.05, 0) is 23.9 Å². The second-order valence-electron chi connectivity index (χ2n) is 6.30. The molecule has 0 aliphatic rings. The maximum Gasteiger partial charge on any atom is 0.187 e. The van der Waals surface area contributed by atoms with E-state index in [1.165, 1.54) is 0 Å². The monoisotopic (exact) mass is 202 g/mol. The summed E-state index contributed by atoms with van der Waals surface area (Å²) < 4.78 is 6.12. The van der Waals surface area contributed by atoms with E-state index < -0.39 is 9.04 Å². The zero-order chi connectivity index (χ0) is 10.9. The summed E-state index contributed by atoms with van der Waals surface area (Å²) in [5.41, 5.74) is 0. The summed E-state index contributed by atoms with van der Waals surface area (Å²) in [6.45, 7) is 18.1. The predicted molar refractivity (Wildman–Crippen MR) is 62.8 cm³/mol. The summed E-state index contributed by atoms with van der Waals surface area (Å²) in [5, 5.41) is 0.699. The van der Waals surface area contributed by atoms with E-state index in [1.807, 2.05) is 0 Å². The van der Waals surface area contributed by atoms with Gasteiger partial charge in [0.1, 0.15) is 0 Å². The van der Waals surface area contributed by atoms with Crippen LogP contribution in [-0.4, -0.2) is 15.1 Å². The van der Waals surface area contributed by atoms with Gasteiger partial charge in [-0.3, -0.25) is 0 Å². The first-order valence-corrected chi connectivity index (χ1v) is 6.83. The molecule has 0 aromatic heterocycles. The maximum atomic E-state index is 6.12. The molecule has 0 N–H and O–H groups in total. The molecule has 0 radical (unpaired) electrons. The molecule has 13 heavy (non-hydrogen) atoms. The molecule has 0 rings (SSSR count). The minimum atomic E-state index is -1.17. The van der Waals surface area contributed by atoms with E-state index in [1.54, 1.807) is 0 Å². The van der Waals surface area contributed by atoms with Crippen LogP contribution in [-0.2, 0) is 4.43 Å². The lowest BCUT2D eigenvalue weighted by Gasteiger charge is -2.39. The third-order valence-corrected chi connectivity index (χ3v) is 5.94. The van der Waals surface area contributed by atoms with Crippen LogP contribution in [0.4, 0.5) is 0 Å². The van der Waals surface area contributed by atoms with Crippen molar-refractivity contribution in [3.63, 3.8) is 0 Å². The quantitative estimate of drug-likeness (QED) is 0.620. The summed E-state index contributed by atoms with van der Waals surface area (Å²) in [7, 11) is -1.17. The predicted octanol–water partition coefficient (Wildman–Crippen LogP) is 3.74. The molecule has 0 bridgehead atoms. The summed E-state index contributed by atoms with van der Waals surface area (Å²) in [5.74, 6) is 0. The van der Waals surface area contributed by atoms with Gasteiger partial charge in [-0.2, -0.15) is 0 Å². The lowest BCUT2D eigenvalue weighted by atomic mass is 10.2. The van der Waals surface area contributed by atoms with Crippen molar-refractivity contribution in [2.75, 3.05) is 0 Å². The van der Waals surface area contributed by atoms with Crippen LogP contribution in [0.1, 0.15) is 55.4 Å². The Labute approximate surface area is 85.6 Å². The van der Waals surface area contributed by atoms with E-state index in [0.29, 0.717) is 16.2 Å². The Kier molecular flexibility index (Phi) is 4.19. The van der Waals surface area contributed by atoms with Crippen molar-refractivity contribution in [2.24, 2.45) is 0 Å². The van der Waals surface area contributed by atoms with Crippen LogP contribution < -0.4 is 0 Å². The normalized spacial score (nSPS) is 14.3. The Bertz CT molecular complexity index is 136. The van der Waals surface area contributed by atoms with Gasteiger partial charge in [0.25, 0.3) is 0 Å². The van der Waals surface area contributed by atoms with Gasteiger partial charge in [0.2, 0.25) is 0 Å². The van der Waals surface area contributed by atoms with Crippen LogP contribution in [0.3, 0.4) is 0 Å². The van der Waals surface area contributed by atoms with Gasteiger partial charge in [0.05, 0.1) is 0 Å². The molecule has 80 valence electrons. The van der Waals surface area contributed by atoms with Gasteiger partial charge in [-0.1, -0.05) is 41.5 Å². The van der Waals surface area contributed by atoms with Crippen LogP contribution in [0.25, 0.3) is 0 Å². The maximum absolute atomic E-state index is 6.12. The smallest absolute Gasteiger partial charge is 0.187 e. The topological polar surface area (TPSA) is 9.23 Å². The molecular weight excluding hydrogens is 176 g/mol. The molecule has 0 saturated carbocycles. The molecule has 0 aliphatic carbocycles. The number of rotatable bonds is 2. The summed E-state index contributed by atoms with van der Waals surface area (Å²) >= 11 is 0. The fraction of sp³-hybridized carbons (Fsp3) is 1.00. The van der Waals surface area contributed by atoms with Crippen molar-refractivity contribution in [2.45, 2.75) is 71.6 Å². The van der Waals surface area contributed by atoms with Gasteiger partial charge >= 0.3 is 0 Å². The van der Waals surface area contributed by atoms with Gasteiger partial charge in [-0.15, -0.1) is 0 Å². The van der Waals surface area contributed by atoms with Crippen molar-refractivity contribution >= 4 is 9.04 Å². The zero-order valence-electron chi connectivity index (χ0n) is 10.6. The van der Waals surface area contributed by atoms with Crippen LogP contribution in [0.15, 0.2) is 0 Å². The first-order valence-electron chi connectivity index (χ1n) is 5.20. The standard InChI is InChI=1S/C11H26OSi/c1-9(2)12-13(10(3,4)5)11(6,7)8/h9,13H,1-8H3. The van der Waals surface area contributed by atoms with Crippen LogP contribution in [0, 0.1) is 0 Å². The first-order chi connectivity index (χ1) is 5.55. The second-order valence-corrected chi connectivity index (χ2v) is 10.8. The molecule has 0 atom stereocenters. The molecule has 0 aromatic rings. The average Bonchev–Trinajstić information content (AvgIpc) is 1.77. The highest BCUT2D eigenvalue weighted by Crippen LogP contribution is 2.42. The fourth-order valence-corrected chi connectivity index (χ4v) is 5.94. The van der Waals surface area contributed by atoms with Crippen LogP contribution in [0.5, 0.6) is 0 Å². The lowest BCUT2D eigenvalue weighted by molar-refractivity contribution is 0.216. The first kappa shape index (κ1) is 13.2. The van der Waals surface area contributed by atoms with E-state index in [-0.39, 0.29) is 0 Å². The number of hydrogen-bond acceptors (Lipinski definition) is 1. The largest absolute Gasteiger partial charge is 0.417 e. The highest BCUT2D eigenvalue weighted by molar-refractivity contribution is 6.58. The molecule has 0 amide bonds. The Balaban J connectivity index is 4.58. The Hall–Kier alpha value is 0.177. The lowest BCUT2D eigenvalue weighted by Crippen LogP contribution is -2.40. The second kappa shape index (κ2) is 4.14. The molecule has 0 unspecified atom stereocenters. The molecule has 0 heterocycles. The third-order valence-electron chi connectivity index (χ3n) is 1.98. The molecular formula is C11H26OSi. The Morgan fingerprint density at radius 2 is 1.15 bits per heavy atom. The molecule has 0 saturated heterocycles. The van der Waals surface area contributed by atoms with E-state index in [2.05, 4.69) is 55.4 Å². The highest BCUT2D eigenvalue weighted by Gasteiger charge is 2.38. The molecule has 1 nitrogen and oxygen atoms in total. The van der Waals surface area contributed by atoms with Gasteiger partial charge in [0, 0.05) is 6.10 Å². The summed E-state index contributed by atoms with van der Waals surface area (Å²) in [6.07, 6.45) is 0.370. The van der Waals surface area contributed by atoms with E-state index in [4.69, 9.17) is 4.43 Å². The van der Waals surface area contributed by atoms with Crippen molar-refractivity contribution in [1.29, 1.82) is 0 Å². The summed E-state index contributed by atoms with van der Waals surface area (Å²) in [4.78, 5) is 0. The molecule has 0 aliphatic heterocycles. The molecule has 0 fully saturated rings. The number of hydrogen-bond donors (Lipinski definition) is 0. The van der Waals surface area contributed by atoms with E-state index in [9.17, 15) is 0 Å². The van der Waals surface area contributed by atoms with Gasteiger partial charge in [0.15, 0.2) is 9.04 Å². The average molecular weight is 202 g/mol. The van der Waals surface area contributed by atoms with Crippen molar-refractivity contribution in [1.82, 2.24) is 0 Å².